The van der Waals surface area contributed by atoms with Crippen LogP contribution in [0.15, 0.2) is 30.5 Å². The molecule has 0 saturated carbocycles. The molecule has 3 rings (SSSR count). The quantitative estimate of drug-likeness (QED) is 0.896. The highest BCUT2D eigenvalue weighted by Gasteiger charge is 2.41. The Balaban J connectivity index is 1.87. The first-order valence-corrected chi connectivity index (χ1v) is 6.89. The summed E-state index contributed by atoms with van der Waals surface area (Å²) in [6, 6.07) is 4.70. The third-order valence-electron chi connectivity index (χ3n) is 3.76. The van der Waals surface area contributed by atoms with Gasteiger partial charge < -0.3 is 14.9 Å². The van der Waals surface area contributed by atoms with E-state index in [1.165, 1.54) is 18.3 Å². The first-order valence-electron chi connectivity index (χ1n) is 6.89. The van der Waals surface area contributed by atoms with Gasteiger partial charge in [0.2, 0.25) is 5.88 Å². The number of nitrogens with zero attached hydrogens (tertiary/aromatic N) is 2. The van der Waals surface area contributed by atoms with Gasteiger partial charge in [-0.15, -0.1) is 0 Å². The van der Waals surface area contributed by atoms with Crippen LogP contribution in [0.2, 0.25) is 0 Å². The predicted octanol–water partition coefficient (Wildman–Crippen LogP) is 1.96. The van der Waals surface area contributed by atoms with Gasteiger partial charge in [-0.1, -0.05) is 6.07 Å². The minimum atomic E-state index is -1.32. The summed E-state index contributed by atoms with van der Waals surface area (Å²) in [4.78, 5) is 27.1. The maximum absolute atomic E-state index is 13.4. The Hall–Kier alpha value is -2.90. The Morgan fingerprint density at radius 3 is 2.74 bits per heavy atom. The number of rotatable bonds is 3. The van der Waals surface area contributed by atoms with E-state index < -0.39 is 30.0 Å². The molecule has 0 radical (unpaired) electrons. The molecule has 2 N–H and O–H groups in total. The zero-order valence-corrected chi connectivity index (χ0v) is 11.8. The van der Waals surface area contributed by atoms with Crippen molar-refractivity contribution < 1.29 is 28.9 Å². The summed E-state index contributed by atoms with van der Waals surface area (Å²) in [6.45, 7) is -0.0836. The molecule has 0 spiro atoms. The largest absolute Gasteiger partial charge is 0.480 e. The topological polar surface area (TPSA) is 100.0 Å². The average molecular weight is 320 g/mol. The lowest BCUT2D eigenvalue weighted by Gasteiger charge is -2.16. The SMILES string of the molecule is O=C(O)C1CC(Oc2nccc3ccc(F)cc23)CN1C(=O)O. The molecule has 2 heterocycles. The maximum atomic E-state index is 13.4. The standard InChI is InChI=1S/C15H13FN2O5/c16-9-2-1-8-3-4-17-13(11(8)5-9)23-10-6-12(14(19)20)18(7-10)15(21)22/h1-5,10,12H,6-7H2,(H,19,20)(H,21,22). The number of carbonyl (C=O) groups is 2. The fourth-order valence-corrected chi connectivity index (χ4v) is 2.69. The van der Waals surface area contributed by atoms with Crippen molar-refractivity contribution in [3.05, 3.63) is 36.3 Å². The zero-order chi connectivity index (χ0) is 16.6. The van der Waals surface area contributed by atoms with Crippen molar-refractivity contribution in [3.8, 4) is 5.88 Å². The number of hydrogen-bond acceptors (Lipinski definition) is 4. The van der Waals surface area contributed by atoms with Crippen molar-refractivity contribution in [3.63, 3.8) is 0 Å². The lowest BCUT2D eigenvalue weighted by molar-refractivity contribution is -0.141. The Morgan fingerprint density at radius 1 is 1.30 bits per heavy atom. The van der Waals surface area contributed by atoms with Crippen molar-refractivity contribution in [1.82, 2.24) is 9.88 Å². The van der Waals surface area contributed by atoms with Crippen LogP contribution in [0.4, 0.5) is 9.18 Å². The van der Waals surface area contributed by atoms with Gasteiger partial charge in [0, 0.05) is 18.0 Å². The molecule has 1 saturated heterocycles. The van der Waals surface area contributed by atoms with Gasteiger partial charge in [0.05, 0.1) is 6.54 Å². The van der Waals surface area contributed by atoms with Gasteiger partial charge >= 0.3 is 12.1 Å². The molecule has 0 aliphatic carbocycles. The Bertz CT molecular complexity index is 760. The van der Waals surface area contributed by atoms with Crippen molar-refractivity contribution in [2.24, 2.45) is 0 Å². The summed E-state index contributed by atoms with van der Waals surface area (Å²) >= 11 is 0. The van der Waals surface area contributed by atoms with E-state index in [1.807, 2.05) is 0 Å². The van der Waals surface area contributed by atoms with Crippen LogP contribution in [0.3, 0.4) is 0 Å². The number of aliphatic carboxylic acids is 1. The van der Waals surface area contributed by atoms with Gasteiger partial charge in [0.1, 0.15) is 18.0 Å². The van der Waals surface area contributed by atoms with Crippen LogP contribution in [0, 0.1) is 5.82 Å². The number of benzene rings is 1. The lowest BCUT2D eigenvalue weighted by atomic mass is 10.1. The van der Waals surface area contributed by atoms with Gasteiger partial charge in [-0.3, -0.25) is 4.90 Å². The van der Waals surface area contributed by atoms with Crippen molar-refractivity contribution in [2.75, 3.05) is 6.54 Å². The average Bonchev–Trinajstić information content (AvgIpc) is 2.92. The molecular weight excluding hydrogens is 307 g/mol. The van der Waals surface area contributed by atoms with Gasteiger partial charge in [-0.05, 0) is 23.6 Å². The van der Waals surface area contributed by atoms with Crippen LogP contribution in [0.5, 0.6) is 5.88 Å². The molecule has 2 atom stereocenters. The van der Waals surface area contributed by atoms with E-state index in [2.05, 4.69) is 4.98 Å². The van der Waals surface area contributed by atoms with E-state index in [9.17, 15) is 14.0 Å². The summed E-state index contributed by atoms with van der Waals surface area (Å²) in [6.07, 6.45) is -0.475. The summed E-state index contributed by atoms with van der Waals surface area (Å²) in [5.41, 5.74) is 0. The van der Waals surface area contributed by atoms with Crippen LogP contribution in [-0.2, 0) is 4.79 Å². The number of halogens is 1. The highest BCUT2D eigenvalue weighted by Crippen LogP contribution is 2.28. The number of amides is 1. The highest BCUT2D eigenvalue weighted by molar-refractivity contribution is 5.86. The summed E-state index contributed by atoms with van der Waals surface area (Å²) in [5, 5.41) is 19.3. The van der Waals surface area contributed by atoms with E-state index in [1.54, 1.807) is 12.1 Å². The fraction of sp³-hybridized carbons (Fsp3) is 0.267. The third-order valence-corrected chi connectivity index (χ3v) is 3.76. The van der Waals surface area contributed by atoms with Gasteiger partial charge in [0.15, 0.2) is 0 Å². The second-order valence-corrected chi connectivity index (χ2v) is 5.25. The third kappa shape index (κ3) is 2.87. The molecule has 1 fully saturated rings. The number of ether oxygens (including phenoxy) is 1. The van der Waals surface area contributed by atoms with Crippen molar-refractivity contribution in [1.29, 1.82) is 0 Å². The Labute approximate surface area is 129 Å². The van der Waals surface area contributed by atoms with Gasteiger partial charge in [-0.25, -0.2) is 19.0 Å². The number of pyridine rings is 1. The normalized spacial score (nSPS) is 20.7. The minimum Gasteiger partial charge on any atom is -0.480 e. The summed E-state index contributed by atoms with van der Waals surface area (Å²) in [5.74, 6) is -1.52. The number of carboxylic acids is 1. The first kappa shape index (κ1) is 15.0. The molecule has 7 nitrogen and oxygen atoms in total. The Morgan fingerprint density at radius 2 is 2.09 bits per heavy atom. The molecule has 1 aliphatic heterocycles. The van der Waals surface area contributed by atoms with E-state index in [0.717, 1.165) is 10.3 Å². The summed E-state index contributed by atoms with van der Waals surface area (Å²) in [7, 11) is 0. The van der Waals surface area contributed by atoms with Crippen molar-refractivity contribution >= 4 is 22.8 Å². The first-order chi connectivity index (χ1) is 11.0. The molecule has 8 heteroatoms. The zero-order valence-electron chi connectivity index (χ0n) is 11.8. The summed E-state index contributed by atoms with van der Waals surface area (Å²) < 4.78 is 19.1. The highest BCUT2D eigenvalue weighted by atomic mass is 19.1. The molecule has 1 aromatic heterocycles. The monoisotopic (exact) mass is 320 g/mol. The molecule has 120 valence electrons. The van der Waals surface area contributed by atoms with E-state index >= 15 is 0 Å². The number of hydrogen-bond donors (Lipinski definition) is 2. The van der Waals surface area contributed by atoms with Crippen LogP contribution in [0.25, 0.3) is 10.8 Å². The lowest BCUT2D eigenvalue weighted by Crippen LogP contribution is -2.39. The molecular formula is C15H13FN2O5. The smallest absolute Gasteiger partial charge is 0.408 e. The molecule has 1 aromatic carbocycles. The minimum absolute atomic E-state index is 0.00895. The van der Waals surface area contributed by atoms with Crippen LogP contribution < -0.4 is 4.74 Å². The Kier molecular flexibility index (Phi) is 3.73. The number of likely N-dealkylation sites (tertiary alicyclic amines) is 1. The van der Waals surface area contributed by atoms with Crippen molar-refractivity contribution in [2.45, 2.75) is 18.6 Å². The number of carboxylic acid groups (broad SMARTS) is 2. The van der Waals surface area contributed by atoms with E-state index in [-0.39, 0.29) is 18.8 Å². The predicted molar refractivity (Wildman–Crippen MR) is 76.9 cm³/mol. The maximum Gasteiger partial charge on any atom is 0.408 e. The fourth-order valence-electron chi connectivity index (χ4n) is 2.69. The van der Waals surface area contributed by atoms with E-state index in [4.69, 9.17) is 14.9 Å². The van der Waals surface area contributed by atoms with Crippen LogP contribution in [-0.4, -0.2) is 50.9 Å². The van der Waals surface area contributed by atoms with Gasteiger partial charge in [-0.2, -0.15) is 0 Å². The molecule has 1 amide bonds. The second kappa shape index (κ2) is 5.71. The molecule has 0 bridgehead atoms. The van der Waals surface area contributed by atoms with E-state index in [0.29, 0.717) is 5.39 Å². The molecule has 2 unspecified atom stereocenters. The molecule has 2 aromatic rings. The molecule has 1 aliphatic rings. The van der Waals surface area contributed by atoms with Crippen LogP contribution in [0.1, 0.15) is 6.42 Å². The number of fused-ring (bicyclic) bond motifs is 1. The van der Waals surface area contributed by atoms with Gasteiger partial charge in [0.25, 0.3) is 0 Å². The second-order valence-electron chi connectivity index (χ2n) is 5.25. The number of aromatic nitrogens is 1. The van der Waals surface area contributed by atoms with Crippen LogP contribution >= 0.6 is 0 Å². The molecule has 23 heavy (non-hydrogen) atoms.